The Hall–Kier alpha value is -1.70. The predicted molar refractivity (Wildman–Crippen MR) is 103 cm³/mol. The van der Waals surface area contributed by atoms with Gasteiger partial charge in [-0.25, -0.2) is 8.42 Å². The van der Waals surface area contributed by atoms with Crippen molar-refractivity contribution >= 4 is 38.9 Å². The highest BCUT2D eigenvalue weighted by Gasteiger charge is 2.37. The summed E-state index contributed by atoms with van der Waals surface area (Å²) in [7, 11) is -3.15. The van der Waals surface area contributed by atoms with Gasteiger partial charge in [0.05, 0.1) is 29.3 Å². The first-order chi connectivity index (χ1) is 12.7. The molecule has 0 N–H and O–H groups in total. The van der Waals surface area contributed by atoms with Gasteiger partial charge in [0.1, 0.15) is 11.5 Å². The zero-order chi connectivity index (χ0) is 19.6. The molecule has 0 unspecified atom stereocenters. The Morgan fingerprint density at radius 3 is 2.74 bits per heavy atom. The van der Waals surface area contributed by atoms with Crippen LogP contribution in [0.4, 0.5) is 0 Å². The highest BCUT2D eigenvalue weighted by atomic mass is 35.5. The molecule has 0 saturated carbocycles. The molecule has 1 aliphatic rings. The van der Waals surface area contributed by atoms with Gasteiger partial charge in [0.2, 0.25) is 0 Å². The lowest BCUT2D eigenvalue weighted by Gasteiger charge is -2.30. The van der Waals surface area contributed by atoms with Gasteiger partial charge in [0.15, 0.2) is 15.9 Å². The molecule has 3 rings (SSSR count). The van der Waals surface area contributed by atoms with E-state index in [0.29, 0.717) is 28.0 Å². The quantitative estimate of drug-likeness (QED) is 0.698. The second-order valence-electron chi connectivity index (χ2n) is 6.44. The minimum atomic E-state index is -3.15. The summed E-state index contributed by atoms with van der Waals surface area (Å²) in [5, 5.41) is 0.755. The van der Waals surface area contributed by atoms with Crippen molar-refractivity contribution in [1.29, 1.82) is 0 Å². The lowest BCUT2D eigenvalue weighted by Crippen LogP contribution is -2.46. The summed E-state index contributed by atoms with van der Waals surface area (Å²) in [5.74, 6) is 0.578. The SMILES string of the molecule is C[C@H](Oc1ccc(Cl)cc1Cl)C(=O)N(Cc1ccco1)[C@H]1CCS(=O)(=O)C1. The molecule has 1 aliphatic heterocycles. The molecule has 0 bridgehead atoms. The van der Waals surface area contributed by atoms with Crippen molar-refractivity contribution in [2.75, 3.05) is 11.5 Å². The van der Waals surface area contributed by atoms with E-state index in [1.165, 1.54) is 17.2 Å². The Morgan fingerprint density at radius 1 is 1.37 bits per heavy atom. The normalized spacial score (nSPS) is 19.6. The molecule has 146 valence electrons. The van der Waals surface area contributed by atoms with E-state index in [9.17, 15) is 13.2 Å². The second kappa shape index (κ2) is 8.12. The van der Waals surface area contributed by atoms with Crippen molar-refractivity contribution < 1.29 is 22.4 Å². The van der Waals surface area contributed by atoms with E-state index < -0.39 is 22.0 Å². The van der Waals surface area contributed by atoms with Gasteiger partial charge in [0.25, 0.3) is 5.91 Å². The zero-order valence-electron chi connectivity index (χ0n) is 14.6. The van der Waals surface area contributed by atoms with Crippen molar-refractivity contribution in [3.05, 3.63) is 52.4 Å². The van der Waals surface area contributed by atoms with Crippen LogP contribution in [0.5, 0.6) is 5.75 Å². The number of halogens is 2. The maximum Gasteiger partial charge on any atom is 0.264 e. The Morgan fingerprint density at radius 2 is 2.15 bits per heavy atom. The minimum absolute atomic E-state index is 0.0616. The number of ether oxygens (including phenoxy) is 1. The highest BCUT2D eigenvalue weighted by molar-refractivity contribution is 7.91. The molecule has 0 aliphatic carbocycles. The number of carbonyl (C=O) groups excluding carboxylic acids is 1. The van der Waals surface area contributed by atoms with Crippen molar-refractivity contribution in [3.8, 4) is 5.75 Å². The molecule has 2 heterocycles. The van der Waals surface area contributed by atoms with E-state index in [2.05, 4.69) is 0 Å². The lowest BCUT2D eigenvalue weighted by atomic mass is 10.2. The Kier molecular flexibility index (Phi) is 6.03. The van der Waals surface area contributed by atoms with Crippen molar-refractivity contribution in [2.24, 2.45) is 0 Å². The minimum Gasteiger partial charge on any atom is -0.479 e. The maximum atomic E-state index is 13.0. The molecule has 1 aromatic heterocycles. The number of hydrogen-bond acceptors (Lipinski definition) is 5. The number of benzene rings is 1. The molecule has 0 radical (unpaired) electrons. The molecule has 6 nitrogen and oxygen atoms in total. The van der Waals surface area contributed by atoms with Gasteiger partial charge in [-0.3, -0.25) is 4.79 Å². The second-order valence-corrected chi connectivity index (χ2v) is 9.51. The highest BCUT2D eigenvalue weighted by Crippen LogP contribution is 2.29. The standard InChI is InChI=1S/C18H19Cl2NO5S/c1-12(26-17-5-4-13(19)9-16(17)20)18(22)21(10-15-3-2-7-25-15)14-6-8-27(23,24)11-14/h2-5,7,9,12,14H,6,8,10-11H2,1H3/t12-,14-/m0/s1. The van der Waals surface area contributed by atoms with Crippen LogP contribution in [0.3, 0.4) is 0 Å². The summed E-state index contributed by atoms with van der Waals surface area (Å²) in [6, 6.07) is 7.77. The van der Waals surface area contributed by atoms with Gasteiger partial charge in [-0.2, -0.15) is 0 Å². The number of nitrogens with zero attached hydrogens (tertiary/aromatic N) is 1. The Balaban J connectivity index is 1.78. The molecule has 1 amide bonds. The summed E-state index contributed by atoms with van der Waals surface area (Å²) in [4.78, 5) is 14.6. The number of sulfone groups is 1. The van der Waals surface area contributed by atoms with E-state index in [0.717, 1.165) is 0 Å². The van der Waals surface area contributed by atoms with Gasteiger partial charge in [-0.15, -0.1) is 0 Å². The first kappa shape index (κ1) is 20.0. The maximum absolute atomic E-state index is 13.0. The van der Waals surface area contributed by atoms with Crippen molar-refractivity contribution in [3.63, 3.8) is 0 Å². The van der Waals surface area contributed by atoms with E-state index in [4.69, 9.17) is 32.4 Å². The molecular formula is C18H19Cl2NO5S. The Labute approximate surface area is 167 Å². The zero-order valence-corrected chi connectivity index (χ0v) is 16.9. The van der Waals surface area contributed by atoms with E-state index in [1.807, 2.05) is 0 Å². The van der Waals surface area contributed by atoms with E-state index in [-0.39, 0.29) is 24.0 Å². The molecule has 1 saturated heterocycles. The molecule has 0 spiro atoms. The van der Waals surface area contributed by atoms with Gasteiger partial charge in [-0.05, 0) is 43.7 Å². The number of carbonyl (C=O) groups is 1. The average Bonchev–Trinajstić information content (AvgIpc) is 3.23. The van der Waals surface area contributed by atoms with Gasteiger partial charge in [-0.1, -0.05) is 23.2 Å². The van der Waals surface area contributed by atoms with Crippen LogP contribution < -0.4 is 4.74 Å². The van der Waals surface area contributed by atoms with E-state index >= 15 is 0 Å². The number of amides is 1. The third-order valence-electron chi connectivity index (χ3n) is 4.38. The fraction of sp³-hybridized carbons (Fsp3) is 0.389. The predicted octanol–water partition coefficient (Wildman–Crippen LogP) is 3.57. The van der Waals surface area contributed by atoms with Gasteiger partial charge < -0.3 is 14.1 Å². The summed E-state index contributed by atoms with van der Waals surface area (Å²) in [6.45, 7) is 1.78. The van der Waals surface area contributed by atoms with Crippen LogP contribution in [0.15, 0.2) is 41.0 Å². The van der Waals surface area contributed by atoms with Gasteiger partial charge >= 0.3 is 0 Å². The third-order valence-corrected chi connectivity index (χ3v) is 6.66. The number of rotatable bonds is 6. The van der Waals surface area contributed by atoms with Crippen molar-refractivity contribution in [1.82, 2.24) is 4.90 Å². The first-order valence-electron chi connectivity index (χ1n) is 8.40. The summed E-state index contributed by atoms with van der Waals surface area (Å²) < 4.78 is 34.8. The van der Waals surface area contributed by atoms with Crippen LogP contribution in [0, 0.1) is 0 Å². The number of furan rings is 1. The molecule has 2 atom stereocenters. The van der Waals surface area contributed by atoms with Crippen LogP contribution in [-0.4, -0.2) is 42.9 Å². The molecule has 2 aromatic rings. The summed E-state index contributed by atoms with van der Waals surface area (Å²) in [5.41, 5.74) is 0. The van der Waals surface area contributed by atoms with E-state index in [1.54, 1.807) is 31.2 Å². The van der Waals surface area contributed by atoms with Crippen LogP contribution in [-0.2, 0) is 21.2 Å². The lowest BCUT2D eigenvalue weighted by molar-refractivity contribution is -0.140. The van der Waals surface area contributed by atoms with Crippen LogP contribution in [0.25, 0.3) is 0 Å². The molecule has 27 heavy (non-hydrogen) atoms. The fourth-order valence-electron chi connectivity index (χ4n) is 3.02. The molecule has 1 fully saturated rings. The molecule has 1 aromatic carbocycles. The van der Waals surface area contributed by atoms with Crippen LogP contribution in [0.2, 0.25) is 10.0 Å². The number of hydrogen-bond donors (Lipinski definition) is 0. The topological polar surface area (TPSA) is 76.8 Å². The van der Waals surface area contributed by atoms with Crippen LogP contribution in [0.1, 0.15) is 19.1 Å². The summed E-state index contributed by atoms with van der Waals surface area (Å²) >= 11 is 12.0. The average molecular weight is 432 g/mol. The summed E-state index contributed by atoms with van der Waals surface area (Å²) in [6.07, 6.45) is 1.04. The Bertz CT molecular complexity index is 914. The smallest absolute Gasteiger partial charge is 0.264 e. The first-order valence-corrected chi connectivity index (χ1v) is 11.0. The molecule has 9 heteroatoms. The largest absolute Gasteiger partial charge is 0.479 e. The monoisotopic (exact) mass is 431 g/mol. The third kappa shape index (κ3) is 4.97. The van der Waals surface area contributed by atoms with Gasteiger partial charge in [0, 0.05) is 11.1 Å². The molecular weight excluding hydrogens is 413 g/mol. The van der Waals surface area contributed by atoms with Crippen molar-refractivity contribution in [2.45, 2.75) is 32.0 Å². The van der Waals surface area contributed by atoms with Crippen LogP contribution >= 0.6 is 23.2 Å². The fourth-order valence-corrected chi connectivity index (χ4v) is 5.21.